The molecule has 0 aliphatic carbocycles. The number of aryl methyl sites for hydroxylation is 1. The number of nitrogens with zero attached hydrogens (tertiary/aromatic N) is 3. The third kappa shape index (κ3) is 3.51. The van der Waals surface area contributed by atoms with E-state index in [1.54, 1.807) is 4.45 Å². The first kappa shape index (κ1) is 21.8. The van der Waals surface area contributed by atoms with Gasteiger partial charge in [-0.15, -0.1) is 0 Å². The van der Waals surface area contributed by atoms with Crippen molar-refractivity contribution in [1.82, 2.24) is 9.55 Å². The molecule has 0 saturated carbocycles. The topological polar surface area (TPSA) is 89.2 Å². The van der Waals surface area contributed by atoms with E-state index in [-0.39, 0.29) is 6.79 Å². The molecule has 2 unspecified atom stereocenters. The van der Waals surface area contributed by atoms with E-state index < -0.39 is 13.1 Å². The average molecular weight is 501 g/mol. The number of anilines is 1. The standard InChI is InChI=1S/C26H21N4O3PS/c1-17-10-12-19(13-11-17)34(31)25(20-8-5-9-22-23(20)33-16-32-22)28-24-21(14-27)26(29-30(24)34)35-15-18-6-3-2-4-7-18/h2-13,25,28H,15-16H2,1H3. The van der Waals surface area contributed by atoms with Crippen LogP contribution in [0.2, 0.25) is 0 Å². The van der Waals surface area contributed by atoms with Crippen LogP contribution in [0.15, 0.2) is 77.8 Å². The number of ether oxygens (including phenoxy) is 2. The van der Waals surface area contributed by atoms with Crippen molar-refractivity contribution in [3.05, 3.63) is 95.1 Å². The van der Waals surface area contributed by atoms with E-state index in [2.05, 4.69) is 11.4 Å². The molecular formula is C26H21N4O3PS. The van der Waals surface area contributed by atoms with Gasteiger partial charge in [-0.2, -0.15) is 14.8 Å². The number of aromatic nitrogens is 2. The van der Waals surface area contributed by atoms with Gasteiger partial charge in [0.05, 0.1) is 0 Å². The Balaban J connectivity index is 1.48. The molecule has 0 spiro atoms. The Hall–Kier alpha value is -3.66. The summed E-state index contributed by atoms with van der Waals surface area (Å²) >= 11 is 1.46. The maximum Gasteiger partial charge on any atom is 0.247 e. The van der Waals surface area contributed by atoms with Crippen LogP contribution >= 0.6 is 19.1 Å². The van der Waals surface area contributed by atoms with Crippen molar-refractivity contribution in [2.45, 2.75) is 23.5 Å². The van der Waals surface area contributed by atoms with Crippen molar-refractivity contribution < 1.29 is 14.0 Å². The smallest absolute Gasteiger partial charge is 0.247 e. The highest BCUT2D eigenvalue weighted by atomic mass is 32.2. The van der Waals surface area contributed by atoms with E-state index in [9.17, 15) is 5.26 Å². The molecule has 2 atom stereocenters. The fourth-order valence-electron chi connectivity index (χ4n) is 4.44. The van der Waals surface area contributed by atoms with E-state index in [1.165, 1.54) is 11.8 Å². The SMILES string of the molecule is Cc1ccc(P2(=O)C(c3cccc4c3OCO4)Nc3c(C#N)c(SCc4ccccc4)nn32)cc1. The Morgan fingerprint density at radius 2 is 1.91 bits per heavy atom. The summed E-state index contributed by atoms with van der Waals surface area (Å²) in [5.74, 6) is 1.66. The van der Waals surface area contributed by atoms with Gasteiger partial charge >= 0.3 is 0 Å². The van der Waals surface area contributed by atoms with E-state index in [1.807, 2.05) is 79.7 Å². The van der Waals surface area contributed by atoms with E-state index in [0.29, 0.717) is 39.0 Å². The molecule has 0 fully saturated rings. The van der Waals surface area contributed by atoms with Gasteiger partial charge < -0.3 is 14.8 Å². The molecule has 174 valence electrons. The Labute approximate surface area is 207 Å². The van der Waals surface area contributed by atoms with Gasteiger partial charge in [0.25, 0.3) is 0 Å². The number of hydrogen-bond acceptors (Lipinski definition) is 7. The van der Waals surface area contributed by atoms with Gasteiger partial charge in [0.2, 0.25) is 14.1 Å². The molecule has 7 nitrogen and oxygen atoms in total. The molecular weight excluding hydrogens is 479 g/mol. The first-order valence-corrected chi connectivity index (χ1v) is 13.8. The molecule has 0 saturated heterocycles. The van der Waals surface area contributed by atoms with Crippen molar-refractivity contribution in [3.63, 3.8) is 0 Å². The molecule has 2 aliphatic rings. The molecule has 35 heavy (non-hydrogen) atoms. The number of rotatable bonds is 5. The van der Waals surface area contributed by atoms with Gasteiger partial charge in [0, 0.05) is 16.6 Å². The number of nitriles is 1. The van der Waals surface area contributed by atoms with Gasteiger partial charge in [-0.05, 0) is 30.7 Å². The first-order valence-electron chi connectivity index (χ1n) is 11.1. The first-order chi connectivity index (χ1) is 17.1. The second kappa shape index (κ2) is 8.53. The fraction of sp³-hybridized carbons (Fsp3) is 0.154. The van der Waals surface area contributed by atoms with Crippen LogP contribution in [0.4, 0.5) is 5.82 Å². The summed E-state index contributed by atoms with van der Waals surface area (Å²) in [5, 5.41) is 19.4. The van der Waals surface area contributed by atoms with Crippen LogP contribution in [0, 0.1) is 18.3 Å². The number of para-hydroxylation sites is 1. The third-order valence-corrected chi connectivity index (χ3v) is 10.2. The van der Waals surface area contributed by atoms with Crippen LogP contribution in [0.3, 0.4) is 0 Å². The highest BCUT2D eigenvalue weighted by Gasteiger charge is 2.49. The molecule has 0 radical (unpaired) electrons. The zero-order valence-electron chi connectivity index (χ0n) is 18.8. The largest absolute Gasteiger partial charge is 0.454 e. The molecule has 9 heteroatoms. The summed E-state index contributed by atoms with van der Waals surface area (Å²) in [4.78, 5) is 0. The number of benzene rings is 3. The van der Waals surface area contributed by atoms with E-state index in [0.717, 1.165) is 16.7 Å². The molecule has 4 aromatic rings. The van der Waals surface area contributed by atoms with Gasteiger partial charge in [-0.3, -0.25) is 4.57 Å². The molecule has 6 rings (SSSR count). The molecule has 0 amide bonds. The van der Waals surface area contributed by atoms with Crippen LogP contribution in [0.5, 0.6) is 11.5 Å². The van der Waals surface area contributed by atoms with Crippen LogP contribution in [0.1, 0.15) is 28.0 Å². The van der Waals surface area contributed by atoms with Crippen molar-refractivity contribution in [3.8, 4) is 17.6 Å². The fourth-order valence-corrected chi connectivity index (χ4v) is 8.29. The summed E-state index contributed by atoms with van der Waals surface area (Å²) in [6.07, 6.45) is 0. The van der Waals surface area contributed by atoms with E-state index in [4.69, 9.17) is 14.6 Å². The lowest BCUT2D eigenvalue weighted by molar-refractivity contribution is 0.173. The Kier molecular flexibility index (Phi) is 5.32. The van der Waals surface area contributed by atoms with Gasteiger partial charge in [-0.1, -0.05) is 71.9 Å². The van der Waals surface area contributed by atoms with Crippen molar-refractivity contribution in [1.29, 1.82) is 5.26 Å². The predicted octanol–water partition coefficient (Wildman–Crippen LogP) is 5.66. The zero-order chi connectivity index (χ0) is 24.0. The van der Waals surface area contributed by atoms with E-state index >= 15 is 4.57 Å². The maximum atomic E-state index is 15.1. The van der Waals surface area contributed by atoms with Crippen molar-refractivity contribution in [2.75, 3.05) is 12.1 Å². The van der Waals surface area contributed by atoms with Gasteiger partial charge in [0.15, 0.2) is 17.3 Å². The second-order valence-electron chi connectivity index (χ2n) is 8.39. The Morgan fingerprint density at radius 3 is 2.69 bits per heavy atom. The van der Waals surface area contributed by atoms with Crippen molar-refractivity contribution >= 4 is 30.2 Å². The molecule has 1 aromatic heterocycles. The minimum atomic E-state index is -3.42. The van der Waals surface area contributed by atoms with Gasteiger partial charge in [0.1, 0.15) is 22.4 Å². The van der Waals surface area contributed by atoms with Crippen LogP contribution in [-0.2, 0) is 10.3 Å². The molecule has 3 heterocycles. The molecule has 1 N–H and O–H groups in total. The number of thioether (sulfide) groups is 1. The zero-order valence-corrected chi connectivity index (χ0v) is 20.6. The predicted molar refractivity (Wildman–Crippen MR) is 136 cm³/mol. The summed E-state index contributed by atoms with van der Waals surface area (Å²) in [5.41, 5.74) is 3.31. The lowest BCUT2D eigenvalue weighted by atomic mass is 10.2. The van der Waals surface area contributed by atoms with Crippen LogP contribution < -0.4 is 20.1 Å². The summed E-state index contributed by atoms with van der Waals surface area (Å²) in [6, 6.07) is 25.5. The minimum absolute atomic E-state index is 0.113. The second-order valence-corrected chi connectivity index (χ2v) is 12.0. The number of nitrogens with one attached hydrogen (secondary N) is 1. The molecule has 3 aromatic carbocycles. The van der Waals surface area contributed by atoms with Crippen LogP contribution in [-0.4, -0.2) is 16.3 Å². The maximum absolute atomic E-state index is 15.1. The average Bonchev–Trinajstić information content (AvgIpc) is 3.57. The number of hydrogen-bond donors (Lipinski definition) is 1. The monoisotopic (exact) mass is 500 g/mol. The summed E-state index contributed by atoms with van der Waals surface area (Å²) < 4.78 is 27.9. The lowest BCUT2D eigenvalue weighted by Gasteiger charge is -2.23. The lowest BCUT2D eigenvalue weighted by Crippen LogP contribution is -2.17. The van der Waals surface area contributed by atoms with Crippen LogP contribution in [0.25, 0.3) is 0 Å². The Morgan fingerprint density at radius 1 is 1.11 bits per heavy atom. The normalized spacial score (nSPS) is 19.7. The summed E-state index contributed by atoms with van der Waals surface area (Å²) in [7, 11) is -3.42. The molecule has 2 aliphatic heterocycles. The minimum Gasteiger partial charge on any atom is -0.454 e. The third-order valence-electron chi connectivity index (χ3n) is 6.20. The molecule has 0 bridgehead atoms. The van der Waals surface area contributed by atoms with Gasteiger partial charge in [-0.25, -0.2) is 0 Å². The highest BCUT2D eigenvalue weighted by Crippen LogP contribution is 2.67. The number of fused-ring (bicyclic) bond motifs is 2. The van der Waals surface area contributed by atoms with Crippen molar-refractivity contribution in [2.24, 2.45) is 0 Å². The Bertz CT molecular complexity index is 1510. The summed E-state index contributed by atoms with van der Waals surface area (Å²) in [6.45, 7) is 2.10. The highest BCUT2D eigenvalue weighted by molar-refractivity contribution is 7.98. The quantitative estimate of drug-likeness (QED) is 0.279.